The molecule has 3 aromatic rings. The number of benzene rings is 3. The van der Waals surface area contributed by atoms with Crippen LogP contribution in [-0.4, -0.2) is 28.1 Å². The first-order chi connectivity index (χ1) is 15.5. The summed E-state index contributed by atoms with van der Waals surface area (Å²) < 4.78 is 5.25. The number of rotatable bonds is 4. The molecule has 0 radical (unpaired) electrons. The maximum Gasteiger partial charge on any atom is 0.190 e. The molecule has 2 aliphatic heterocycles. The number of hydrazone groups is 1. The van der Waals surface area contributed by atoms with Crippen LogP contribution in [0.4, 0.5) is 0 Å². The van der Waals surface area contributed by atoms with Gasteiger partial charge in [-0.3, -0.25) is 4.79 Å². The number of carbonyl (C=O) groups excluding carboxylic acids is 1. The van der Waals surface area contributed by atoms with Gasteiger partial charge < -0.3 is 4.74 Å². The fourth-order valence-electron chi connectivity index (χ4n) is 3.73. The van der Waals surface area contributed by atoms with E-state index in [9.17, 15) is 4.79 Å². The molecule has 5 nitrogen and oxygen atoms in total. The summed E-state index contributed by atoms with van der Waals surface area (Å²) in [6.07, 6.45) is 0. The number of ether oxygens (including phenoxy) is 1. The van der Waals surface area contributed by atoms with Gasteiger partial charge >= 0.3 is 0 Å². The summed E-state index contributed by atoms with van der Waals surface area (Å²) in [7, 11) is 1.61. The zero-order valence-corrected chi connectivity index (χ0v) is 19.2. The molecule has 0 saturated carbocycles. The van der Waals surface area contributed by atoms with Crippen LogP contribution >= 0.6 is 35.0 Å². The van der Waals surface area contributed by atoms with Crippen molar-refractivity contribution in [2.45, 2.75) is 12.1 Å². The Morgan fingerprint density at radius 2 is 1.72 bits per heavy atom. The first-order valence-corrected chi connectivity index (χ1v) is 11.4. The Balaban J connectivity index is 1.59. The van der Waals surface area contributed by atoms with Gasteiger partial charge in [0.2, 0.25) is 0 Å². The van der Waals surface area contributed by atoms with Crippen molar-refractivity contribution in [1.29, 1.82) is 0 Å². The Bertz CT molecular complexity index is 1250. The number of halogens is 2. The van der Waals surface area contributed by atoms with E-state index in [1.165, 1.54) is 11.8 Å². The Kier molecular flexibility index (Phi) is 5.67. The Morgan fingerprint density at radius 1 is 0.969 bits per heavy atom. The summed E-state index contributed by atoms with van der Waals surface area (Å²) in [4.78, 5) is 18.5. The molecule has 0 N–H and O–H groups in total. The van der Waals surface area contributed by atoms with Crippen molar-refractivity contribution in [1.82, 2.24) is 5.01 Å². The van der Waals surface area contributed by atoms with Crippen LogP contribution in [0.25, 0.3) is 0 Å². The van der Waals surface area contributed by atoms with Crippen molar-refractivity contribution in [3.63, 3.8) is 0 Å². The second kappa shape index (κ2) is 8.62. The first-order valence-electron chi connectivity index (χ1n) is 9.86. The predicted molar refractivity (Wildman–Crippen MR) is 130 cm³/mol. The number of Topliss-reactive ketones (excluding diaryl/α,β-unsaturated/α-hetero) is 1. The van der Waals surface area contributed by atoms with E-state index in [-0.39, 0.29) is 5.78 Å². The lowest BCUT2D eigenvalue weighted by Crippen LogP contribution is -2.38. The zero-order valence-electron chi connectivity index (χ0n) is 16.9. The third kappa shape index (κ3) is 3.79. The lowest BCUT2D eigenvalue weighted by molar-refractivity contribution is -0.125. The average Bonchev–Trinajstić information content (AvgIpc) is 3.22. The van der Waals surface area contributed by atoms with Gasteiger partial charge in [0, 0.05) is 10.6 Å². The van der Waals surface area contributed by atoms with E-state index in [0.29, 0.717) is 20.3 Å². The number of aliphatic imine (C=N–C) groups is 1. The monoisotopic (exact) mass is 481 g/mol. The summed E-state index contributed by atoms with van der Waals surface area (Å²) in [6.45, 7) is 0. The van der Waals surface area contributed by atoms with E-state index in [0.717, 1.165) is 22.4 Å². The molecule has 32 heavy (non-hydrogen) atoms. The molecule has 2 aliphatic rings. The van der Waals surface area contributed by atoms with Crippen molar-refractivity contribution in [3.05, 3.63) is 99.5 Å². The normalized spacial score (nSPS) is 20.0. The van der Waals surface area contributed by atoms with Crippen LogP contribution in [0.2, 0.25) is 10.0 Å². The minimum Gasteiger partial charge on any atom is -0.497 e. The number of hydrogen-bond acceptors (Lipinski definition) is 6. The minimum atomic E-state index is -0.639. The first kappa shape index (κ1) is 21.1. The SMILES string of the molecule is COc1ccc(C2N=C3SC(c4ccc(Cl)cc4Cl)=NN3C(c3ccccc3)C2=O)cc1. The topological polar surface area (TPSA) is 54.3 Å². The van der Waals surface area contributed by atoms with Crippen LogP contribution in [0, 0.1) is 0 Å². The van der Waals surface area contributed by atoms with Gasteiger partial charge in [-0.2, -0.15) is 5.10 Å². The molecule has 0 bridgehead atoms. The number of thioether (sulfide) groups is 1. The number of fused-ring (bicyclic) bond motifs is 1. The highest BCUT2D eigenvalue weighted by molar-refractivity contribution is 8.27. The molecule has 0 aromatic heterocycles. The number of ketones is 1. The smallest absolute Gasteiger partial charge is 0.190 e. The molecule has 3 aromatic carbocycles. The quantitative estimate of drug-likeness (QED) is 0.449. The van der Waals surface area contributed by atoms with Crippen LogP contribution in [0.3, 0.4) is 0 Å². The van der Waals surface area contributed by atoms with Crippen LogP contribution in [0.5, 0.6) is 5.75 Å². The van der Waals surface area contributed by atoms with E-state index >= 15 is 0 Å². The van der Waals surface area contributed by atoms with Crippen LogP contribution < -0.4 is 4.74 Å². The Morgan fingerprint density at radius 3 is 2.41 bits per heavy atom. The summed E-state index contributed by atoms with van der Waals surface area (Å²) in [6, 6.07) is 21.1. The number of carbonyl (C=O) groups is 1. The molecule has 0 aliphatic carbocycles. The largest absolute Gasteiger partial charge is 0.497 e. The molecule has 2 unspecified atom stereocenters. The van der Waals surface area contributed by atoms with Crippen LogP contribution in [0.15, 0.2) is 82.9 Å². The van der Waals surface area contributed by atoms with Gasteiger partial charge in [-0.05, 0) is 53.2 Å². The van der Waals surface area contributed by atoms with Gasteiger partial charge in [0.1, 0.15) is 22.9 Å². The van der Waals surface area contributed by atoms with Gasteiger partial charge in [-0.25, -0.2) is 10.0 Å². The molecular formula is C24H17Cl2N3O2S. The molecule has 2 heterocycles. The van der Waals surface area contributed by atoms with Gasteiger partial charge in [0.05, 0.1) is 12.1 Å². The highest BCUT2D eigenvalue weighted by atomic mass is 35.5. The molecule has 0 saturated heterocycles. The van der Waals surface area contributed by atoms with Crippen molar-refractivity contribution < 1.29 is 9.53 Å². The predicted octanol–water partition coefficient (Wildman–Crippen LogP) is 6.13. The van der Waals surface area contributed by atoms with Crippen molar-refractivity contribution in [3.8, 4) is 5.75 Å². The lowest BCUT2D eigenvalue weighted by atomic mass is 9.92. The highest BCUT2D eigenvalue weighted by Crippen LogP contribution is 2.42. The molecule has 0 spiro atoms. The average molecular weight is 482 g/mol. The van der Waals surface area contributed by atoms with E-state index in [1.807, 2.05) is 60.7 Å². The molecule has 5 rings (SSSR count). The van der Waals surface area contributed by atoms with E-state index < -0.39 is 12.1 Å². The van der Waals surface area contributed by atoms with E-state index in [4.69, 9.17) is 38.0 Å². The number of methoxy groups -OCH3 is 1. The molecule has 0 amide bonds. The maximum absolute atomic E-state index is 13.7. The fourth-order valence-corrected chi connectivity index (χ4v) is 5.27. The number of amidine groups is 1. The Hall–Kier alpha value is -2.80. The second-order valence-corrected chi connectivity index (χ2v) is 9.08. The maximum atomic E-state index is 13.7. The summed E-state index contributed by atoms with van der Waals surface area (Å²) >= 11 is 13.9. The second-order valence-electron chi connectivity index (χ2n) is 7.28. The minimum absolute atomic E-state index is 0.0436. The van der Waals surface area contributed by atoms with Gasteiger partial charge in [0.25, 0.3) is 0 Å². The fraction of sp³-hybridized carbons (Fsp3) is 0.125. The highest BCUT2D eigenvalue weighted by Gasteiger charge is 2.43. The third-order valence-corrected chi connectivity index (χ3v) is 6.83. The molecule has 2 atom stereocenters. The van der Waals surface area contributed by atoms with Gasteiger partial charge in [-0.1, -0.05) is 65.7 Å². The lowest BCUT2D eigenvalue weighted by Gasteiger charge is -2.32. The standard InChI is InChI=1S/C24H17Cl2N3O2S/c1-31-17-10-7-14(8-11-17)20-22(30)21(15-5-3-2-4-6-15)29-24(27-20)32-23(28-29)18-12-9-16(25)13-19(18)26/h2-13,20-21H,1H3. The van der Waals surface area contributed by atoms with E-state index in [1.54, 1.807) is 24.3 Å². The molecule has 160 valence electrons. The number of nitrogens with zero attached hydrogens (tertiary/aromatic N) is 3. The molecule has 0 fully saturated rings. The van der Waals surface area contributed by atoms with Crippen molar-refractivity contribution >= 4 is 51.0 Å². The summed E-state index contributed by atoms with van der Waals surface area (Å²) in [5.74, 6) is 0.682. The summed E-state index contributed by atoms with van der Waals surface area (Å²) in [5, 5.41) is 8.82. The molecule has 8 heteroatoms. The Labute approximate surface area is 199 Å². The summed E-state index contributed by atoms with van der Waals surface area (Å²) in [5.41, 5.74) is 2.41. The van der Waals surface area contributed by atoms with Crippen molar-refractivity contribution in [2.75, 3.05) is 7.11 Å². The zero-order chi connectivity index (χ0) is 22.2. The number of hydrogen-bond donors (Lipinski definition) is 0. The van der Waals surface area contributed by atoms with Gasteiger partial charge in [0.15, 0.2) is 11.0 Å². The van der Waals surface area contributed by atoms with Crippen LogP contribution in [0.1, 0.15) is 28.8 Å². The van der Waals surface area contributed by atoms with E-state index in [2.05, 4.69) is 0 Å². The van der Waals surface area contributed by atoms with Crippen LogP contribution in [-0.2, 0) is 4.79 Å². The van der Waals surface area contributed by atoms with Crippen molar-refractivity contribution in [2.24, 2.45) is 10.1 Å². The molecular weight excluding hydrogens is 465 g/mol. The third-order valence-electron chi connectivity index (χ3n) is 5.31. The van der Waals surface area contributed by atoms with Gasteiger partial charge in [-0.15, -0.1) is 0 Å².